The number of rotatable bonds is 17. The summed E-state index contributed by atoms with van der Waals surface area (Å²) in [5.41, 5.74) is 1.13. The van der Waals surface area contributed by atoms with E-state index in [9.17, 15) is 14.4 Å². The number of hydrogen-bond acceptors (Lipinski definition) is 8. The van der Waals surface area contributed by atoms with E-state index in [2.05, 4.69) is 42.7 Å². The fourth-order valence-electron chi connectivity index (χ4n) is 4.63. The molecule has 0 aromatic carbocycles. The van der Waals surface area contributed by atoms with Gasteiger partial charge < -0.3 is 24.8 Å². The number of nitrogens with zero attached hydrogens (tertiary/aromatic N) is 5. The second kappa shape index (κ2) is 18.3. The first kappa shape index (κ1) is 32.1. The summed E-state index contributed by atoms with van der Waals surface area (Å²) >= 11 is 0. The van der Waals surface area contributed by atoms with Gasteiger partial charge in [0.2, 0.25) is 17.7 Å². The van der Waals surface area contributed by atoms with Crippen molar-refractivity contribution < 1.29 is 19.1 Å². The molecular weight excluding hydrogens is 505 g/mol. The van der Waals surface area contributed by atoms with E-state index in [1.807, 2.05) is 23.1 Å². The number of ether oxygens (including phenoxy) is 1. The Balaban J connectivity index is 1.54. The molecule has 2 aliphatic heterocycles. The molecule has 0 spiro atoms. The van der Waals surface area contributed by atoms with Crippen LogP contribution >= 0.6 is 9.39 Å². The summed E-state index contributed by atoms with van der Waals surface area (Å²) in [6.45, 7) is 8.31. The maximum absolute atomic E-state index is 12.6. The predicted molar refractivity (Wildman–Crippen MR) is 153 cm³/mol. The third kappa shape index (κ3) is 11.4. The lowest BCUT2D eigenvalue weighted by Gasteiger charge is -2.41. The zero-order valence-corrected chi connectivity index (χ0v) is 24.6. The van der Waals surface area contributed by atoms with Crippen molar-refractivity contribution >= 4 is 33.3 Å². The molecule has 0 bridgehead atoms. The highest BCUT2D eigenvalue weighted by Gasteiger charge is 2.28. The lowest BCUT2D eigenvalue weighted by Crippen LogP contribution is -2.55. The predicted octanol–water partition coefficient (Wildman–Crippen LogP) is 1.04. The molecule has 0 radical (unpaired) electrons. The molecule has 216 valence electrons. The van der Waals surface area contributed by atoms with E-state index >= 15 is 0 Å². The molecular formula is C26H48N7O4P. The van der Waals surface area contributed by atoms with Crippen molar-refractivity contribution in [3.8, 4) is 0 Å². The van der Waals surface area contributed by atoms with Crippen molar-refractivity contribution in [2.45, 2.75) is 58.2 Å². The van der Waals surface area contributed by atoms with Crippen molar-refractivity contribution in [1.29, 1.82) is 0 Å². The largest absolute Gasteiger partial charge is 0.381 e. The Kier molecular flexibility index (Phi) is 15.4. The average Bonchev–Trinajstić information content (AvgIpc) is 2.92. The summed E-state index contributed by atoms with van der Waals surface area (Å²) in [4.78, 5) is 49.3. The molecule has 2 atom stereocenters. The summed E-state index contributed by atoms with van der Waals surface area (Å²) in [5.74, 6) is 0.0781. The third-order valence-electron chi connectivity index (χ3n) is 6.78. The van der Waals surface area contributed by atoms with Crippen molar-refractivity contribution in [1.82, 2.24) is 30.0 Å². The van der Waals surface area contributed by atoms with Crippen LogP contribution in [0.4, 0.5) is 0 Å². The SMILES string of the molecule is CCCN(CCCCCOCCC(=O)N1CCN(C2N=CC(CNP)=CN2C)CC1)C(=O)CCC(=O)NC. The summed E-state index contributed by atoms with van der Waals surface area (Å²) < 4.78 is 5.71. The third-order valence-corrected chi connectivity index (χ3v) is 6.98. The fraction of sp³-hybridized carbons (Fsp3) is 0.769. The van der Waals surface area contributed by atoms with E-state index in [1.165, 1.54) is 0 Å². The fourth-order valence-corrected chi connectivity index (χ4v) is 4.87. The molecule has 2 N–H and O–H groups in total. The Morgan fingerprint density at radius 2 is 1.84 bits per heavy atom. The van der Waals surface area contributed by atoms with Gasteiger partial charge in [0.15, 0.2) is 6.29 Å². The van der Waals surface area contributed by atoms with E-state index in [1.54, 1.807) is 7.05 Å². The van der Waals surface area contributed by atoms with Gasteiger partial charge in [0.25, 0.3) is 0 Å². The minimum Gasteiger partial charge on any atom is -0.381 e. The molecule has 2 heterocycles. The number of amides is 3. The highest BCUT2D eigenvalue weighted by molar-refractivity contribution is 7.13. The molecule has 3 amide bonds. The summed E-state index contributed by atoms with van der Waals surface area (Å²) in [7, 11) is 6.13. The number of unbranched alkanes of at least 4 members (excludes halogenated alkanes) is 2. The number of carbonyl (C=O) groups is 3. The zero-order chi connectivity index (χ0) is 27.8. The lowest BCUT2D eigenvalue weighted by atomic mass is 10.2. The Labute approximate surface area is 230 Å². The molecule has 2 rings (SSSR count). The number of hydrogen-bond donors (Lipinski definition) is 2. The molecule has 11 nitrogen and oxygen atoms in total. The normalized spacial score (nSPS) is 17.9. The maximum atomic E-state index is 12.6. The first-order chi connectivity index (χ1) is 18.4. The molecule has 2 unspecified atom stereocenters. The van der Waals surface area contributed by atoms with Crippen molar-refractivity contribution in [2.24, 2.45) is 4.99 Å². The second-order valence-corrected chi connectivity index (χ2v) is 10.2. The minimum atomic E-state index is -0.106. The van der Waals surface area contributed by atoms with Gasteiger partial charge in [-0.1, -0.05) is 16.3 Å². The van der Waals surface area contributed by atoms with Gasteiger partial charge in [0, 0.05) is 97.3 Å². The number of carbonyl (C=O) groups excluding carboxylic acids is 3. The number of piperazine rings is 1. The molecule has 0 aromatic heterocycles. The van der Waals surface area contributed by atoms with Gasteiger partial charge in [-0.3, -0.25) is 29.4 Å². The quantitative estimate of drug-likeness (QED) is 0.205. The van der Waals surface area contributed by atoms with Crippen molar-refractivity contribution in [3.05, 3.63) is 11.8 Å². The number of nitrogens with one attached hydrogen (secondary N) is 2. The molecule has 38 heavy (non-hydrogen) atoms. The molecule has 0 saturated carbocycles. The molecule has 12 heteroatoms. The van der Waals surface area contributed by atoms with Crippen LogP contribution in [0, 0.1) is 0 Å². The highest BCUT2D eigenvalue weighted by atomic mass is 31.0. The van der Waals surface area contributed by atoms with Crippen LogP contribution in [0.25, 0.3) is 0 Å². The van der Waals surface area contributed by atoms with Crippen molar-refractivity contribution in [2.75, 3.05) is 73.1 Å². The van der Waals surface area contributed by atoms with Crippen LogP contribution in [0.1, 0.15) is 51.9 Å². The monoisotopic (exact) mass is 553 g/mol. The van der Waals surface area contributed by atoms with Gasteiger partial charge in [0.1, 0.15) is 0 Å². The van der Waals surface area contributed by atoms with Gasteiger partial charge in [0.05, 0.1) is 13.0 Å². The van der Waals surface area contributed by atoms with E-state index in [-0.39, 0.29) is 36.9 Å². The Bertz CT molecular complexity index is 802. The standard InChI is InChI=1S/C26H48N7O4P/c1-4-11-31(24(35)9-8-23(34)27-2)12-6-5-7-17-37-18-10-25(36)32-13-15-33(16-14-32)26-28-19-22(20-29-38)21-30(26)3/h19,21,26,29H,4-18,20,38H2,1-3H3,(H,27,34). The summed E-state index contributed by atoms with van der Waals surface area (Å²) in [5, 5.41) is 5.62. The Hall–Kier alpha value is -2.07. The van der Waals surface area contributed by atoms with Gasteiger partial charge in [-0.15, -0.1) is 0 Å². The summed E-state index contributed by atoms with van der Waals surface area (Å²) in [6, 6.07) is 0. The van der Waals surface area contributed by atoms with Crippen molar-refractivity contribution in [3.63, 3.8) is 0 Å². The number of aliphatic imine (C=N–C) groups is 1. The van der Waals surface area contributed by atoms with Crippen LogP contribution in [-0.2, 0) is 19.1 Å². The minimum absolute atomic E-state index is 0.0152. The first-order valence-corrected chi connectivity index (χ1v) is 14.4. The topological polar surface area (TPSA) is 110 Å². The molecule has 0 aromatic rings. The van der Waals surface area contributed by atoms with E-state index in [0.717, 1.165) is 57.4 Å². The van der Waals surface area contributed by atoms with Gasteiger partial charge in [-0.25, -0.2) is 0 Å². The molecule has 2 aliphatic rings. The van der Waals surface area contributed by atoms with Gasteiger partial charge in [-0.05, 0) is 25.7 Å². The second-order valence-electron chi connectivity index (χ2n) is 9.77. The van der Waals surface area contributed by atoms with Crippen LogP contribution in [0.3, 0.4) is 0 Å². The van der Waals surface area contributed by atoms with E-state index in [4.69, 9.17) is 9.73 Å². The van der Waals surface area contributed by atoms with E-state index in [0.29, 0.717) is 39.3 Å². The molecule has 0 aliphatic carbocycles. The Morgan fingerprint density at radius 3 is 2.50 bits per heavy atom. The van der Waals surface area contributed by atoms with Gasteiger partial charge >= 0.3 is 0 Å². The van der Waals surface area contributed by atoms with Crippen LogP contribution in [0.15, 0.2) is 16.8 Å². The average molecular weight is 554 g/mol. The lowest BCUT2D eigenvalue weighted by molar-refractivity contribution is -0.135. The van der Waals surface area contributed by atoms with Crippen LogP contribution in [0.2, 0.25) is 0 Å². The zero-order valence-electron chi connectivity index (χ0n) is 23.5. The smallest absolute Gasteiger partial charge is 0.224 e. The molecule has 1 fully saturated rings. The van der Waals surface area contributed by atoms with E-state index < -0.39 is 0 Å². The maximum Gasteiger partial charge on any atom is 0.224 e. The van der Waals surface area contributed by atoms with Crippen LogP contribution < -0.4 is 10.4 Å². The van der Waals surface area contributed by atoms with Crippen LogP contribution in [-0.4, -0.2) is 123 Å². The molecule has 1 saturated heterocycles. The Morgan fingerprint density at radius 1 is 1.08 bits per heavy atom. The highest BCUT2D eigenvalue weighted by Crippen LogP contribution is 2.16. The van der Waals surface area contributed by atoms with Gasteiger partial charge in [-0.2, -0.15) is 0 Å². The first-order valence-electron chi connectivity index (χ1n) is 13.9. The summed E-state index contributed by atoms with van der Waals surface area (Å²) in [6.07, 6.45) is 8.58. The van der Waals surface area contributed by atoms with Crippen LogP contribution in [0.5, 0.6) is 0 Å².